The second kappa shape index (κ2) is 9.21. The van der Waals surface area contributed by atoms with Gasteiger partial charge in [-0.25, -0.2) is 0 Å². The zero-order chi connectivity index (χ0) is 20.1. The average molecular weight is 447 g/mol. The molecule has 148 valence electrons. The van der Waals surface area contributed by atoms with Crippen LogP contribution in [0.25, 0.3) is 0 Å². The first-order chi connectivity index (χ1) is 13.4. The Hall–Kier alpha value is -2.38. The summed E-state index contributed by atoms with van der Waals surface area (Å²) in [4.78, 5) is 26.6. The topological polar surface area (TPSA) is 67.9 Å². The summed E-state index contributed by atoms with van der Waals surface area (Å²) in [5.41, 5.74) is 3.02. The summed E-state index contributed by atoms with van der Waals surface area (Å²) in [5, 5.41) is 2.79. The van der Waals surface area contributed by atoms with Gasteiger partial charge in [0, 0.05) is 28.8 Å². The molecule has 7 heteroatoms. The molecule has 3 rings (SSSR count). The van der Waals surface area contributed by atoms with Gasteiger partial charge in [0.25, 0.3) is 11.8 Å². The fourth-order valence-electron chi connectivity index (χ4n) is 3.14. The molecule has 1 heterocycles. The Labute approximate surface area is 172 Å². The van der Waals surface area contributed by atoms with Crippen LogP contribution in [-0.4, -0.2) is 49.6 Å². The molecular weight excluding hydrogens is 424 g/mol. The van der Waals surface area contributed by atoms with Gasteiger partial charge in [-0.2, -0.15) is 0 Å². The van der Waals surface area contributed by atoms with Crippen LogP contribution < -0.4 is 10.1 Å². The van der Waals surface area contributed by atoms with Crippen molar-refractivity contribution in [2.24, 2.45) is 0 Å². The van der Waals surface area contributed by atoms with E-state index in [1.165, 1.54) is 0 Å². The minimum atomic E-state index is -0.280. The van der Waals surface area contributed by atoms with Crippen molar-refractivity contribution in [3.63, 3.8) is 0 Å². The molecular formula is C21H23BrN2O4. The first-order valence-corrected chi connectivity index (χ1v) is 9.90. The molecule has 0 bridgehead atoms. The van der Waals surface area contributed by atoms with Crippen molar-refractivity contribution >= 4 is 33.4 Å². The Kier molecular flexibility index (Phi) is 6.70. The predicted molar refractivity (Wildman–Crippen MR) is 111 cm³/mol. The summed E-state index contributed by atoms with van der Waals surface area (Å²) in [6.07, 6.45) is 0. The highest BCUT2D eigenvalue weighted by Crippen LogP contribution is 2.27. The summed E-state index contributed by atoms with van der Waals surface area (Å²) in [6, 6.07) is 10.8. The van der Waals surface area contributed by atoms with Crippen LogP contribution in [0.1, 0.15) is 21.5 Å². The molecule has 0 spiro atoms. The number of nitrogens with one attached hydrogen (secondary N) is 1. The first kappa shape index (κ1) is 20.4. The molecule has 0 aromatic heterocycles. The molecule has 1 aliphatic heterocycles. The molecule has 0 radical (unpaired) electrons. The van der Waals surface area contributed by atoms with Gasteiger partial charge in [0.1, 0.15) is 5.75 Å². The Morgan fingerprint density at radius 3 is 2.50 bits per heavy atom. The number of carbonyl (C=O) groups is 2. The molecule has 6 nitrogen and oxygen atoms in total. The van der Waals surface area contributed by atoms with Crippen LogP contribution in [0.15, 0.2) is 40.9 Å². The van der Waals surface area contributed by atoms with Gasteiger partial charge >= 0.3 is 0 Å². The van der Waals surface area contributed by atoms with Crippen molar-refractivity contribution in [1.82, 2.24) is 4.90 Å². The van der Waals surface area contributed by atoms with E-state index < -0.39 is 0 Å². The number of halogens is 1. The van der Waals surface area contributed by atoms with Crippen LogP contribution in [0, 0.1) is 13.8 Å². The Morgan fingerprint density at radius 2 is 1.82 bits per heavy atom. The number of morpholine rings is 1. The lowest BCUT2D eigenvalue weighted by Crippen LogP contribution is -2.40. The molecule has 2 aromatic carbocycles. The van der Waals surface area contributed by atoms with E-state index in [9.17, 15) is 9.59 Å². The lowest BCUT2D eigenvalue weighted by Gasteiger charge is -2.27. The van der Waals surface area contributed by atoms with Crippen LogP contribution in [-0.2, 0) is 9.53 Å². The van der Waals surface area contributed by atoms with Gasteiger partial charge in [0.05, 0.1) is 13.2 Å². The standard InChI is InChI=1S/C21H23BrN2O4/c1-14-10-17(22)11-15(2)20(14)28-13-19(25)23-18-5-3-4-16(12-18)21(26)24-6-8-27-9-7-24/h3-5,10-12H,6-9,13H2,1-2H3,(H,23,25). The molecule has 2 amide bonds. The maximum Gasteiger partial charge on any atom is 0.262 e. The van der Waals surface area contributed by atoms with Gasteiger partial charge in [-0.1, -0.05) is 22.0 Å². The van der Waals surface area contributed by atoms with Crippen molar-refractivity contribution in [3.8, 4) is 5.75 Å². The van der Waals surface area contributed by atoms with Crippen molar-refractivity contribution < 1.29 is 19.1 Å². The second-order valence-electron chi connectivity index (χ2n) is 6.69. The zero-order valence-corrected chi connectivity index (χ0v) is 17.5. The molecule has 0 atom stereocenters. The number of nitrogens with zero attached hydrogens (tertiary/aromatic N) is 1. The second-order valence-corrected chi connectivity index (χ2v) is 7.61. The van der Waals surface area contributed by atoms with E-state index in [-0.39, 0.29) is 18.4 Å². The minimum absolute atomic E-state index is 0.0586. The van der Waals surface area contributed by atoms with Crippen LogP contribution in [0.4, 0.5) is 5.69 Å². The molecule has 1 N–H and O–H groups in total. The molecule has 0 unspecified atom stereocenters. The van der Waals surface area contributed by atoms with Gasteiger partial charge in [-0.15, -0.1) is 0 Å². The largest absolute Gasteiger partial charge is 0.483 e. The third-order valence-corrected chi connectivity index (χ3v) is 4.92. The molecule has 0 aliphatic carbocycles. The summed E-state index contributed by atoms with van der Waals surface area (Å²) in [7, 11) is 0. The fourth-order valence-corrected chi connectivity index (χ4v) is 3.83. The Balaban J connectivity index is 1.61. The third-order valence-electron chi connectivity index (χ3n) is 4.46. The van der Waals surface area contributed by atoms with Crippen LogP contribution in [0.5, 0.6) is 5.75 Å². The number of rotatable bonds is 5. The van der Waals surface area contributed by atoms with Crippen molar-refractivity contribution in [2.75, 3.05) is 38.2 Å². The highest BCUT2D eigenvalue weighted by molar-refractivity contribution is 9.10. The number of benzene rings is 2. The highest BCUT2D eigenvalue weighted by atomic mass is 79.9. The number of amides is 2. The number of hydrogen-bond donors (Lipinski definition) is 1. The van der Waals surface area contributed by atoms with Crippen molar-refractivity contribution in [1.29, 1.82) is 0 Å². The number of anilines is 1. The number of aryl methyl sites for hydroxylation is 2. The maximum absolute atomic E-state index is 12.6. The molecule has 1 fully saturated rings. The van der Waals surface area contributed by atoms with E-state index in [4.69, 9.17) is 9.47 Å². The molecule has 28 heavy (non-hydrogen) atoms. The van der Waals surface area contributed by atoms with Gasteiger partial charge in [0.15, 0.2) is 6.61 Å². The summed E-state index contributed by atoms with van der Waals surface area (Å²) in [5.74, 6) is 0.365. The van der Waals surface area contributed by atoms with E-state index in [1.54, 1.807) is 29.2 Å². The number of ether oxygens (including phenoxy) is 2. The monoisotopic (exact) mass is 446 g/mol. The Morgan fingerprint density at radius 1 is 1.14 bits per heavy atom. The van der Waals surface area contributed by atoms with Crippen molar-refractivity contribution in [3.05, 3.63) is 57.6 Å². The van der Waals surface area contributed by atoms with Crippen LogP contribution in [0.3, 0.4) is 0 Å². The molecule has 2 aromatic rings. The molecule has 0 saturated carbocycles. The highest BCUT2D eigenvalue weighted by Gasteiger charge is 2.19. The molecule has 1 aliphatic rings. The van der Waals surface area contributed by atoms with E-state index in [0.29, 0.717) is 43.3 Å². The maximum atomic E-state index is 12.6. The smallest absolute Gasteiger partial charge is 0.262 e. The summed E-state index contributed by atoms with van der Waals surface area (Å²) < 4.78 is 12.0. The minimum Gasteiger partial charge on any atom is -0.483 e. The SMILES string of the molecule is Cc1cc(Br)cc(C)c1OCC(=O)Nc1cccc(C(=O)N2CCOCC2)c1. The van der Waals surface area contributed by atoms with Gasteiger partial charge in [-0.05, 0) is 55.3 Å². The first-order valence-electron chi connectivity index (χ1n) is 9.10. The normalized spacial score (nSPS) is 13.9. The fraction of sp³-hybridized carbons (Fsp3) is 0.333. The van der Waals surface area contributed by atoms with E-state index in [0.717, 1.165) is 15.6 Å². The van der Waals surface area contributed by atoms with Gasteiger partial charge < -0.3 is 19.7 Å². The average Bonchev–Trinajstić information content (AvgIpc) is 2.67. The van der Waals surface area contributed by atoms with E-state index >= 15 is 0 Å². The summed E-state index contributed by atoms with van der Waals surface area (Å²) >= 11 is 3.45. The quantitative estimate of drug-likeness (QED) is 0.762. The number of hydrogen-bond acceptors (Lipinski definition) is 4. The van der Waals surface area contributed by atoms with Crippen LogP contribution >= 0.6 is 15.9 Å². The lowest BCUT2D eigenvalue weighted by atomic mass is 10.1. The predicted octanol–water partition coefficient (Wildman–Crippen LogP) is 3.56. The van der Waals surface area contributed by atoms with Gasteiger partial charge in [0.2, 0.25) is 0 Å². The molecule has 1 saturated heterocycles. The Bertz CT molecular complexity index is 855. The van der Waals surface area contributed by atoms with Crippen LogP contribution in [0.2, 0.25) is 0 Å². The summed E-state index contributed by atoms with van der Waals surface area (Å²) in [6.45, 7) is 6.02. The zero-order valence-electron chi connectivity index (χ0n) is 16.0. The lowest BCUT2D eigenvalue weighted by molar-refractivity contribution is -0.118. The van der Waals surface area contributed by atoms with E-state index in [2.05, 4.69) is 21.2 Å². The number of carbonyl (C=O) groups excluding carboxylic acids is 2. The third kappa shape index (κ3) is 5.11. The van der Waals surface area contributed by atoms with Crippen molar-refractivity contribution in [2.45, 2.75) is 13.8 Å². The van der Waals surface area contributed by atoms with E-state index in [1.807, 2.05) is 26.0 Å². The van der Waals surface area contributed by atoms with Gasteiger partial charge in [-0.3, -0.25) is 9.59 Å².